The molecule has 0 bridgehead atoms. The number of nitrogens with zero attached hydrogens (tertiary/aromatic N) is 2. The second-order valence-corrected chi connectivity index (χ2v) is 6.42. The summed E-state index contributed by atoms with van der Waals surface area (Å²) in [5.41, 5.74) is 1.01. The molecule has 1 atom stereocenters. The van der Waals surface area contributed by atoms with Crippen LogP contribution in [0.2, 0.25) is 0 Å². The highest BCUT2D eigenvalue weighted by atomic mass is 16.3. The first-order valence-corrected chi connectivity index (χ1v) is 7.23. The molecule has 22 heavy (non-hydrogen) atoms. The topological polar surface area (TPSA) is 90.9 Å². The van der Waals surface area contributed by atoms with Gasteiger partial charge in [0.1, 0.15) is 5.82 Å². The lowest BCUT2D eigenvalue weighted by Crippen LogP contribution is -2.39. The van der Waals surface area contributed by atoms with Crippen LogP contribution in [0.4, 0.5) is 0 Å². The van der Waals surface area contributed by atoms with Crippen LogP contribution in [-0.2, 0) is 0 Å². The molecule has 1 aromatic carbocycles. The van der Waals surface area contributed by atoms with E-state index in [1.54, 1.807) is 18.2 Å². The Balaban J connectivity index is 2.08. The minimum Gasteiger partial charge on any atom is -0.391 e. The number of nitrogens with one attached hydrogen (secondary N) is 2. The number of carbonyl (C=O) groups is 1. The van der Waals surface area contributed by atoms with E-state index in [0.717, 1.165) is 11.4 Å². The summed E-state index contributed by atoms with van der Waals surface area (Å²) < 4.78 is 0. The largest absolute Gasteiger partial charge is 0.391 e. The van der Waals surface area contributed by atoms with Gasteiger partial charge in [0.2, 0.25) is 0 Å². The van der Waals surface area contributed by atoms with Crippen molar-refractivity contribution in [3.05, 3.63) is 35.7 Å². The minimum atomic E-state index is -0.602. The quantitative estimate of drug-likeness (QED) is 0.804. The molecule has 3 N–H and O–H groups in total. The van der Waals surface area contributed by atoms with E-state index in [1.807, 2.05) is 33.8 Å². The Labute approximate surface area is 130 Å². The molecule has 0 radical (unpaired) electrons. The molecule has 0 aliphatic carbocycles. The molecule has 1 aromatic heterocycles. The number of aliphatic hydroxyl groups excluding tert-OH is 1. The summed E-state index contributed by atoms with van der Waals surface area (Å²) in [6, 6.07) is 7.10. The normalized spacial score (nSPS) is 13.0. The summed E-state index contributed by atoms with van der Waals surface area (Å²) in [5, 5.41) is 19.6. The van der Waals surface area contributed by atoms with Crippen LogP contribution in [0.1, 0.15) is 37.0 Å². The third kappa shape index (κ3) is 3.92. The van der Waals surface area contributed by atoms with Crippen molar-refractivity contribution in [1.29, 1.82) is 0 Å². The number of hydrogen-bond donors (Lipinski definition) is 3. The smallest absolute Gasteiger partial charge is 0.251 e. The fraction of sp³-hybridized carbons (Fsp3) is 0.438. The van der Waals surface area contributed by atoms with Gasteiger partial charge in [-0.3, -0.25) is 9.89 Å². The first-order chi connectivity index (χ1) is 10.3. The van der Waals surface area contributed by atoms with Crippen molar-refractivity contribution in [3.8, 4) is 11.4 Å². The van der Waals surface area contributed by atoms with E-state index in [1.165, 1.54) is 0 Å². The van der Waals surface area contributed by atoms with E-state index >= 15 is 0 Å². The number of rotatable bonds is 4. The maximum absolute atomic E-state index is 12.2. The second kappa shape index (κ2) is 6.27. The number of benzene rings is 1. The van der Waals surface area contributed by atoms with Crippen LogP contribution in [0.25, 0.3) is 11.4 Å². The average molecular weight is 302 g/mol. The highest BCUT2D eigenvalue weighted by molar-refractivity contribution is 5.95. The summed E-state index contributed by atoms with van der Waals surface area (Å²) in [6.07, 6.45) is -0.602. The molecular weight excluding hydrogens is 280 g/mol. The average Bonchev–Trinajstić information content (AvgIpc) is 2.90. The van der Waals surface area contributed by atoms with E-state index in [0.29, 0.717) is 11.4 Å². The number of H-pyrrole nitrogens is 1. The highest BCUT2D eigenvalue weighted by Gasteiger charge is 2.22. The van der Waals surface area contributed by atoms with Gasteiger partial charge < -0.3 is 10.4 Å². The van der Waals surface area contributed by atoms with Gasteiger partial charge >= 0.3 is 0 Å². The molecule has 0 spiro atoms. The van der Waals surface area contributed by atoms with Crippen LogP contribution >= 0.6 is 0 Å². The Morgan fingerprint density at radius 3 is 2.73 bits per heavy atom. The van der Waals surface area contributed by atoms with Gasteiger partial charge in [-0.05, 0) is 24.5 Å². The van der Waals surface area contributed by atoms with Crippen molar-refractivity contribution < 1.29 is 9.90 Å². The molecule has 6 heteroatoms. The van der Waals surface area contributed by atoms with Gasteiger partial charge in [-0.15, -0.1) is 0 Å². The van der Waals surface area contributed by atoms with Gasteiger partial charge in [0, 0.05) is 17.7 Å². The van der Waals surface area contributed by atoms with Crippen LogP contribution in [0.3, 0.4) is 0 Å². The third-order valence-corrected chi connectivity index (χ3v) is 3.44. The summed E-state index contributed by atoms with van der Waals surface area (Å²) in [6.45, 7) is 7.81. The molecular formula is C16H22N4O2. The van der Waals surface area contributed by atoms with E-state index in [-0.39, 0.29) is 17.9 Å². The molecule has 6 nitrogen and oxygen atoms in total. The number of aromatic amines is 1. The SMILES string of the molecule is Cc1nc(-c2cccc(C(=O)NCC(O)C(C)(C)C)c2)n[nH]1. The summed E-state index contributed by atoms with van der Waals surface area (Å²) >= 11 is 0. The Kier molecular flexibility index (Phi) is 4.61. The van der Waals surface area contributed by atoms with Crippen molar-refractivity contribution in [2.45, 2.75) is 33.8 Å². The molecule has 0 aliphatic heterocycles. The first-order valence-electron chi connectivity index (χ1n) is 7.23. The summed E-state index contributed by atoms with van der Waals surface area (Å²) in [4.78, 5) is 16.4. The Bertz CT molecular complexity index is 658. The fourth-order valence-electron chi connectivity index (χ4n) is 1.87. The fourth-order valence-corrected chi connectivity index (χ4v) is 1.87. The zero-order valence-corrected chi connectivity index (χ0v) is 13.3. The van der Waals surface area contributed by atoms with Gasteiger partial charge in [0.05, 0.1) is 6.10 Å². The predicted octanol–water partition coefficient (Wildman–Crippen LogP) is 1.92. The number of carbonyl (C=O) groups excluding carboxylic acids is 1. The standard InChI is InChI=1S/C16H22N4O2/c1-10-18-14(20-19-10)11-6-5-7-12(8-11)15(22)17-9-13(21)16(2,3)4/h5-8,13,21H,9H2,1-4H3,(H,17,22)(H,18,19,20). The maximum atomic E-state index is 12.2. The predicted molar refractivity (Wildman–Crippen MR) is 84.4 cm³/mol. The minimum absolute atomic E-state index is 0.215. The van der Waals surface area contributed by atoms with Crippen molar-refractivity contribution in [3.63, 3.8) is 0 Å². The van der Waals surface area contributed by atoms with Gasteiger partial charge in [-0.2, -0.15) is 5.10 Å². The van der Waals surface area contributed by atoms with E-state index in [4.69, 9.17) is 0 Å². The zero-order chi connectivity index (χ0) is 16.3. The lowest BCUT2D eigenvalue weighted by Gasteiger charge is -2.25. The Morgan fingerprint density at radius 2 is 2.14 bits per heavy atom. The lowest BCUT2D eigenvalue weighted by atomic mass is 9.89. The number of aliphatic hydroxyl groups is 1. The van der Waals surface area contributed by atoms with Crippen LogP contribution in [0.15, 0.2) is 24.3 Å². The lowest BCUT2D eigenvalue weighted by molar-refractivity contribution is 0.0587. The molecule has 0 aliphatic rings. The van der Waals surface area contributed by atoms with E-state index < -0.39 is 6.10 Å². The summed E-state index contributed by atoms with van der Waals surface area (Å²) in [5.74, 6) is 1.05. The highest BCUT2D eigenvalue weighted by Crippen LogP contribution is 2.19. The Morgan fingerprint density at radius 1 is 1.41 bits per heavy atom. The monoisotopic (exact) mass is 302 g/mol. The van der Waals surface area contributed by atoms with Crippen molar-refractivity contribution in [1.82, 2.24) is 20.5 Å². The van der Waals surface area contributed by atoms with E-state index in [2.05, 4.69) is 20.5 Å². The molecule has 2 rings (SSSR count). The number of hydrogen-bond acceptors (Lipinski definition) is 4. The summed E-state index contributed by atoms with van der Waals surface area (Å²) in [7, 11) is 0. The number of amides is 1. The number of aromatic nitrogens is 3. The second-order valence-electron chi connectivity index (χ2n) is 6.42. The molecule has 1 unspecified atom stereocenters. The maximum Gasteiger partial charge on any atom is 0.251 e. The molecule has 2 aromatic rings. The van der Waals surface area contributed by atoms with Crippen molar-refractivity contribution >= 4 is 5.91 Å². The molecule has 0 saturated heterocycles. The molecule has 0 fully saturated rings. The number of aryl methyl sites for hydroxylation is 1. The molecule has 0 saturated carbocycles. The Hall–Kier alpha value is -2.21. The zero-order valence-electron chi connectivity index (χ0n) is 13.3. The van der Waals surface area contributed by atoms with Gasteiger partial charge in [-0.25, -0.2) is 4.98 Å². The van der Waals surface area contributed by atoms with Gasteiger partial charge in [0.25, 0.3) is 5.91 Å². The first kappa shape index (κ1) is 16.2. The molecule has 118 valence electrons. The van der Waals surface area contributed by atoms with Gasteiger partial charge in [0.15, 0.2) is 5.82 Å². The van der Waals surface area contributed by atoms with Gasteiger partial charge in [-0.1, -0.05) is 32.9 Å². The van der Waals surface area contributed by atoms with Crippen LogP contribution in [0, 0.1) is 12.3 Å². The molecule has 1 heterocycles. The van der Waals surface area contributed by atoms with Crippen LogP contribution in [-0.4, -0.2) is 38.8 Å². The molecule has 1 amide bonds. The van der Waals surface area contributed by atoms with Crippen molar-refractivity contribution in [2.24, 2.45) is 5.41 Å². The van der Waals surface area contributed by atoms with Crippen LogP contribution < -0.4 is 5.32 Å². The third-order valence-electron chi connectivity index (χ3n) is 3.44. The van der Waals surface area contributed by atoms with Crippen molar-refractivity contribution in [2.75, 3.05) is 6.54 Å². The van der Waals surface area contributed by atoms with E-state index in [9.17, 15) is 9.90 Å². The van der Waals surface area contributed by atoms with Crippen LogP contribution in [0.5, 0.6) is 0 Å².